The molecule has 0 spiro atoms. The molecule has 0 unspecified atom stereocenters. The monoisotopic (exact) mass is 342 g/mol. The third kappa shape index (κ3) is 3.84. The van der Waals surface area contributed by atoms with E-state index in [2.05, 4.69) is 33.2 Å². The number of anilines is 2. The van der Waals surface area contributed by atoms with Gasteiger partial charge in [-0.05, 0) is 22.8 Å². The van der Waals surface area contributed by atoms with E-state index in [-0.39, 0.29) is 11.8 Å². The van der Waals surface area contributed by atoms with Crippen molar-refractivity contribution in [3.05, 3.63) is 66.0 Å². The number of rotatable bonds is 4. The molecule has 0 aliphatic rings. The Morgan fingerprint density at radius 3 is 2.23 bits per heavy atom. The highest BCUT2D eigenvalue weighted by Gasteiger charge is 2.10. The van der Waals surface area contributed by atoms with Crippen molar-refractivity contribution in [3.63, 3.8) is 0 Å². The van der Waals surface area contributed by atoms with Gasteiger partial charge in [-0.2, -0.15) is 20.2 Å². The van der Waals surface area contributed by atoms with Gasteiger partial charge in [0.1, 0.15) is 6.07 Å². The number of nitrogens with zero attached hydrogens (tertiary/aromatic N) is 5. The van der Waals surface area contributed by atoms with Gasteiger partial charge in [0, 0.05) is 14.1 Å². The first-order chi connectivity index (χ1) is 12.6. The highest BCUT2D eigenvalue weighted by atomic mass is 15.3. The van der Waals surface area contributed by atoms with Gasteiger partial charge in [0.05, 0.1) is 5.57 Å². The smallest absolute Gasteiger partial charge is 0.230 e. The summed E-state index contributed by atoms with van der Waals surface area (Å²) in [5, 5.41) is 9.52. The molecule has 6 heteroatoms. The predicted molar refractivity (Wildman–Crippen MR) is 104 cm³/mol. The van der Waals surface area contributed by atoms with Crippen LogP contribution in [0.3, 0.4) is 0 Å². The van der Waals surface area contributed by atoms with E-state index in [4.69, 9.17) is 5.73 Å². The van der Waals surface area contributed by atoms with Crippen LogP contribution in [0.15, 0.2) is 54.6 Å². The molecule has 0 aliphatic carbocycles. The van der Waals surface area contributed by atoms with E-state index in [0.29, 0.717) is 11.5 Å². The van der Waals surface area contributed by atoms with E-state index < -0.39 is 0 Å². The minimum atomic E-state index is 0.0827. The fourth-order valence-electron chi connectivity index (χ4n) is 2.42. The van der Waals surface area contributed by atoms with Gasteiger partial charge in [-0.25, -0.2) is 0 Å². The van der Waals surface area contributed by atoms with E-state index >= 15 is 0 Å². The fourth-order valence-corrected chi connectivity index (χ4v) is 2.42. The number of benzene rings is 2. The summed E-state index contributed by atoms with van der Waals surface area (Å²) in [6.07, 6.45) is 1.74. The Balaban J connectivity index is 1.94. The van der Waals surface area contributed by atoms with Crippen molar-refractivity contribution in [1.82, 2.24) is 15.0 Å². The van der Waals surface area contributed by atoms with Gasteiger partial charge in [-0.3, -0.25) is 0 Å². The molecule has 2 N–H and O–H groups in total. The lowest BCUT2D eigenvalue weighted by molar-refractivity contribution is 0.952. The molecule has 2 aromatic carbocycles. The molecule has 0 amide bonds. The van der Waals surface area contributed by atoms with Gasteiger partial charge in [0.15, 0.2) is 5.82 Å². The van der Waals surface area contributed by atoms with Crippen molar-refractivity contribution in [2.24, 2.45) is 0 Å². The average molecular weight is 342 g/mol. The van der Waals surface area contributed by atoms with Crippen LogP contribution in [0.2, 0.25) is 0 Å². The minimum Gasteiger partial charge on any atom is -0.368 e. The standard InChI is InChI=1S/C20H18N6/c1-26(2)20-24-18(23-19(22)25-20)17(13-21)12-14-8-10-16(11-9-14)15-6-4-3-5-7-15/h3-12H,1-2H3,(H2,22,23,24,25)/b17-12-. The fraction of sp³-hybridized carbons (Fsp3) is 0.100. The first kappa shape index (κ1) is 17.1. The SMILES string of the molecule is CN(C)c1nc(N)nc(/C(C#N)=C\c2ccc(-c3ccccc3)cc2)n1. The average Bonchev–Trinajstić information content (AvgIpc) is 2.66. The molecule has 0 atom stereocenters. The van der Waals surface area contributed by atoms with E-state index in [1.165, 1.54) is 0 Å². The maximum atomic E-state index is 9.52. The summed E-state index contributed by atoms with van der Waals surface area (Å²) in [6, 6.07) is 20.2. The maximum absolute atomic E-state index is 9.52. The Morgan fingerprint density at radius 2 is 1.62 bits per heavy atom. The molecule has 3 aromatic rings. The number of nitrogens with two attached hydrogens (primary N) is 1. The second-order valence-corrected chi connectivity index (χ2v) is 5.87. The predicted octanol–water partition coefficient (Wildman–Crippen LogP) is 3.25. The molecule has 0 radical (unpaired) electrons. The summed E-state index contributed by atoms with van der Waals surface area (Å²) in [6.45, 7) is 0. The zero-order valence-corrected chi connectivity index (χ0v) is 14.6. The zero-order valence-electron chi connectivity index (χ0n) is 14.6. The summed E-state index contributed by atoms with van der Waals surface area (Å²) < 4.78 is 0. The van der Waals surface area contributed by atoms with Gasteiger partial charge in [-0.1, -0.05) is 54.6 Å². The minimum absolute atomic E-state index is 0.0827. The summed E-state index contributed by atoms with van der Waals surface area (Å²) in [7, 11) is 3.60. The third-order valence-corrected chi connectivity index (χ3v) is 3.73. The van der Waals surface area contributed by atoms with Crippen molar-refractivity contribution in [2.45, 2.75) is 0 Å². The van der Waals surface area contributed by atoms with Crippen LogP contribution in [0, 0.1) is 11.3 Å². The van der Waals surface area contributed by atoms with E-state index in [1.807, 2.05) is 42.5 Å². The van der Waals surface area contributed by atoms with Crippen molar-refractivity contribution >= 4 is 23.5 Å². The van der Waals surface area contributed by atoms with Crippen molar-refractivity contribution < 1.29 is 0 Å². The molecule has 0 bridgehead atoms. The highest BCUT2D eigenvalue weighted by molar-refractivity contribution is 5.87. The first-order valence-electron chi connectivity index (χ1n) is 8.03. The van der Waals surface area contributed by atoms with Crippen LogP contribution in [-0.2, 0) is 0 Å². The summed E-state index contributed by atoms with van der Waals surface area (Å²) in [4.78, 5) is 14.1. The van der Waals surface area contributed by atoms with Crippen LogP contribution in [0.25, 0.3) is 22.8 Å². The van der Waals surface area contributed by atoms with Crippen LogP contribution in [0.4, 0.5) is 11.9 Å². The van der Waals surface area contributed by atoms with Crippen LogP contribution in [0.5, 0.6) is 0 Å². The van der Waals surface area contributed by atoms with Crippen molar-refractivity contribution in [3.8, 4) is 17.2 Å². The normalized spacial score (nSPS) is 11.0. The van der Waals surface area contributed by atoms with Crippen LogP contribution in [0.1, 0.15) is 11.4 Å². The van der Waals surface area contributed by atoms with Crippen molar-refractivity contribution in [2.75, 3.05) is 24.7 Å². The Labute approximate surface area is 152 Å². The molecule has 1 heterocycles. The molecule has 26 heavy (non-hydrogen) atoms. The molecule has 0 saturated carbocycles. The Morgan fingerprint density at radius 1 is 0.962 bits per heavy atom. The summed E-state index contributed by atoms with van der Waals surface area (Å²) >= 11 is 0. The summed E-state index contributed by atoms with van der Waals surface area (Å²) in [5.41, 5.74) is 9.21. The lowest BCUT2D eigenvalue weighted by Gasteiger charge is -2.11. The summed E-state index contributed by atoms with van der Waals surface area (Å²) in [5.74, 6) is 0.753. The second kappa shape index (κ2) is 7.45. The number of nitriles is 1. The second-order valence-electron chi connectivity index (χ2n) is 5.87. The topological polar surface area (TPSA) is 91.7 Å². The Kier molecular flexibility index (Phi) is 4.90. The molecular formula is C20H18N6. The van der Waals surface area contributed by atoms with Crippen LogP contribution >= 0.6 is 0 Å². The molecule has 0 saturated heterocycles. The Bertz CT molecular complexity index is 969. The highest BCUT2D eigenvalue weighted by Crippen LogP contribution is 2.22. The lowest BCUT2D eigenvalue weighted by Crippen LogP contribution is -2.15. The van der Waals surface area contributed by atoms with Gasteiger partial charge in [0.25, 0.3) is 0 Å². The molecule has 0 aliphatic heterocycles. The number of aromatic nitrogens is 3. The van der Waals surface area contributed by atoms with Gasteiger partial charge < -0.3 is 10.6 Å². The molecule has 6 nitrogen and oxygen atoms in total. The third-order valence-electron chi connectivity index (χ3n) is 3.73. The van der Waals surface area contributed by atoms with E-state index in [0.717, 1.165) is 16.7 Å². The molecule has 128 valence electrons. The van der Waals surface area contributed by atoms with Gasteiger partial charge >= 0.3 is 0 Å². The van der Waals surface area contributed by atoms with Crippen LogP contribution in [-0.4, -0.2) is 29.0 Å². The number of nitrogen functional groups attached to an aromatic ring is 1. The largest absolute Gasteiger partial charge is 0.368 e. The Hall–Kier alpha value is -3.72. The van der Waals surface area contributed by atoms with Gasteiger partial charge in [0.2, 0.25) is 11.9 Å². The number of allylic oxidation sites excluding steroid dienone is 1. The molecule has 1 aromatic heterocycles. The number of hydrogen-bond acceptors (Lipinski definition) is 6. The van der Waals surface area contributed by atoms with E-state index in [1.54, 1.807) is 25.1 Å². The zero-order chi connectivity index (χ0) is 18.5. The first-order valence-corrected chi connectivity index (χ1v) is 8.03. The number of hydrogen-bond donors (Lipinski definition) is 1. The molecular weight excluding hydrogens is 324 g/mol. The molecule has 0 fully saturated rings. The quantitative estimate of drug-likeness (QED) is 0.732. The lowest BCUT2D eigenvalue weighted by atomic mass is 10.0. The maximum Gasteiger partial charge on any atom is 0.230 e. The van der Waals surface area contributed by atoms with E-state index in [9.17, 15) is 5.26 Å². The van der Waals surface area contributed by atoms with Crippen LogP contribution < -0.4 is 10.6 Å². The van der Waals surface area contributed by atoms with Crippen molar-refractivity contribution in [1.29, 1.82) is 5.26 Å². The van der Waals surface area contributed by atoms with Gasteiger partial charge in [-0.15, -0.1) is 0 Å². The molecule has 3 rings (SSSR count).